The second-order valence-corrected chi connectivity index (χ2v) is 6.97. The smallest absolute Gasteiger partial charge is 0.316 e. The van der Waals surface area contributed by atoms with E-state index in [9.17, 15) is 9.59 Å². The fourth-order valence-electron chi connectivity index (χ4n) is 3.47. The number of hydrogen-bond acceptors (Lipinski definition) is 2. The molecule has 1 aromatic rings. The van der Waals surface area contributed by atoms with Gasteiger partial charge in [-0.05, 0) is 54.9 Å². The number of carbonyl (C=O) groups excluding carboxylic acids is 2. The van der Waals surface area contributed by atoms with Crippen molar-refractivity contribution < 1.29 is 9.59 Å². The molecular formula is C18H27N3O2. The first-order valence-electron chi connectivity index (χ1n) is 8.34. The number of amides is 3. The third-order valence-corrected chi connectivity index (χ3v) is 4.75. The van der Waals surface area contributed by atoms with E-state index >= 15 is 0 Å². The number of nitrogens with two attached hydrogens (primary N) is 1. The molecule has 4 N–H and O–H groups in total. The average Bonchev–Trinajstić information content (AvgIpc) is 2.47. The molecular weight excluding hydrogens is 290 g/mol. The summed E-state index contributed by atoms with van der Waals surface area (Å²) in [7, 11) is 0. The molecule has 3 atom stereocenters. The number of rotatable bonds is 4. The van der Waals surface area contributed by atoms with E-state index in [-0.39, 0.29) is 11.9 Å². The Balaban J connectivity index is 2.03. The first-order valence-corrected chi connectivity index (χ1v) is 8.34. The van der Waals surface area contributed by atoms with E-state index in [1.54, 1.807) is 24.3 Å². The maximum absolute atomic E-state index is 12.5. The Labute approximate surface area is 138 Å². The maximum Gasteiger partial charge on any atom is 0.316 e. The number of urea groups is 1. The minimum Gasteiger partial charge on any atom is -0.351 e. The largest absolute Gasteiger partial charge is 0.351 e. The van der Waals surface area contributed by atoms with Gasteiger partial charge in [0.05, 0.1) is 0 Å². The minimum absolute atomic E-state index is 0.0552. The molecule has 3 amide bonds. The lowest BCUT2D eigenvalue weighted by molar-refractivity contribution is 0.0868. The molecule has 126 valence electrons. The van der Waals surface area contributed by atoms with Gasteiger partial charge in [-0.15, -0.1) is 0 Å². The molecule has 5 nitrogen and oxygen atoms in total. The second kappa shape index (κ2) is 7.49. The van der Waals surface area contributed by atoms with Crippen molar-refractivity contribution in [1.82, 2.24) is 5.32 Å². The summed E-state index contributed by atoms with van der Waals surface area (Å²) in [5.74, 6) is 1.69. The van der Waals surface area contributed by atoms with Crippen molar-refractivity contribution in [2.75, 3.05) is 5.32 Å². The second-order valence-electron chi connectivity index (χ2n) is 6.97. The van der Waals surface area contributed by atoms with Crippen LogP contribution in [0.25, 0.3) is 0 Å². The Morgan fingerprint density at radius 2 is 1.83 bits per heavy atom. The van der Waals surface area contributed by atoms with Crippen molar-refractivity contribution in [3.63, 3.8) is 0 Å². The zero-order valence-corrected chi connectivity index (χ0v) is 14.1. The zero-order chi connectivity index (χ0) is 17.0. The molecule has 1 aliphatic rings. The van der Waals surface area contributed by atoms with Gasteiger partial charge >= 0.3 is 6.03 Å². The van der Waals surface area contributed by atoms with Gasteiger partial charge in [-0.1, -0.05) is 27.2 Å². The summed E-state index contributed by atoms with van der Waals surface area (Å²) in [5, 5.41) is 5.69. The average molecular weight is 317 g/mol. The SMILES string of the molecule is CC1CCC(C(C)C)C(NC(=O)c2ccc(NC(N)=O)cc2)C1. The van der Waals surface area contributed by atoms with E-state index in [0.717, 1.165) is 6.42 Å². The predicted molar refractivity (Wildman–Crippen MR) is 92.2 cm³/mol. The van der Waals surface area contributed by atoms with E-state index in [1.165, 1.54) is 12.8 Å². The quantitative estimate of drug-likeness (QED) is 0.795. The summed E-state index contributed by atoms with van der Waals surface area (Å²) in [6, 6.07) is 6.40. The van der Waals surface area contributed by atoms with Gasteiger partial charge < -0.3 is 16.4 Å². The standard InChI is InChI=1S/C18H27N3O2/c1-11(2)15-9-4-12(3)10-16(15)21-17(22)13-5-7-14(8-6-13)20-18(19)23/h5-8,11-12,15-16H,4,9-10H2,1-3H3,(H,21,22)(H3,19,20,23). The van der Waals surface area contributed by atoms with Crippen molar-refractivity contribution in [2.45, 2.75) is 46.1 Å². The normalized spacial score (nSPS) is 24.3. The van der Waals surface area contributed by atoms with E-state index in [0.29, 0.717) is 29.0 Å². The van der Waals surface area contributed by atoms with Crippen molar-refractivity contribution in [1.29, 1.82) is 0 Å². The number of carbonyl (C=O) groups is 2. The van der Waals surface area contributed by atoms with Gasteiger partial charge in [0, 0.05) is 17.3 Å². The van der Waals surface area contributed by atoms with Crippen LogP contribution >= 0.6 is 0 Å². The van der Waals surface area contributed by atoms with Gasteiger partial charge in [-0.2, -0.15) is 0 Å². The summed E-state index contributed by atoms with van der Waals surface area (Å²) in [6.07, 6.45) is 3.45. The van der Waals surface area contributed by atoms with Crippen molar-refractivity contribution in [2.24, 2.45) is 23.5 Å². The Hall–Kier alpha value is -2.04. The summed E-state index contributed by atoms with van der Waals surface area (Å²) < 4.78 is 0. The molecule has 3 unspecified atom stereocenters. The third-order valence-electron chi connectivity index (χ3n) is 4.75. The van der Waals surface area contributed by atoms with E-state index in [2.05, 4.69) is 31.4 Å². The highest BCUT2D eigenvalue weighted by Crippen LogP contribution is 2.33. The van der Waals surface area contributed by atoms with Gasteiger partial charge in [0.25, 0.3) is 5.91 Å². The number of hydrogen-bond donors (Lipinski definition) is 3. The number of primary amides is 1. The van der Waals surface area contributed by atoms with Crippen LogP contribution in [-0.4, -0.2) is 18.0 Å². The molecule has 1 aromatic carbocycles. The lowest BCUT2D eigenvalue weighted by Crippen LogP contribution is -2.45. The van der Waals surface area contributed by atoms with Crippen LogP contribution < -0.4 is 16.4 Å². The Morgan fingerprint density at radius 1 is 1.17 bits per heavy atom. The van der Waals surface area contributed by atoms with E-state index < -0.39 is 6.03 Å². The predicted octanol–water partition coefficient (Wildman–Crippen LogP) is 3.37. The maximum atomic E-state index is 12.5. The first-order chi connectivity index (χ1) is 10.9. The van der Waals surface area contributed by atoms with Crippen LogP contribution in [0.3, 0.4) is 0 Å². The molecule has 0 saturated heterocycles. The molecule has 23 heavy (non-hydrogen) atoms. The number of anilines is 1. The molecule has 0 radical (unpaired) electrons. The van der Waals surface area contributed by atoms with Gasteiger partial charge in [0.1, 0.15) is 0 Å². The third kappa shape index (κ3) is 4.71. The monoisotopic (exact) mass is 317 g/mol. The molecule has 1 fully saturated rings. The molecule has 0 aliphatic heterocycles. The Morgan fingerprint density at radius 3 is 2.39 bits per heavy atom. The minimum atomic E-state index is -0.613. The molecule has 0 heterocycles. The first kappa shape index (κ1) is 17.3. The molecule has 1 aliphatic carbocycles. The van der Waals surface area contributed by atoms with Gasteiger partial charge in [0.15, 0.2) is 0 Å². The fraction of sp³-hybridized carbons (Fsp3) is 0.556. The van der Waals surface area contributed by atoms with Gasteiger partial charge in [-0.25, -0.2) is 4.79 Å². The fourth-order valence-corrected chi connectivity index (χ4v) is 3.47. The molecule has 5 heteroatoms. The summed E-state index contributed by atoms with van der Waals surface area (Å²) in [4.78, 5) is 23.3. The van der Waals surface area contributed by atoms with Crippen LogP contribution in [0.2, 0.25) is 0 Å². The molecule has 0 bridgehead atoms. The summed E-state index contributed by atoms with van der Waals surface area (Å²) in [6.45, 7) is 6.70. The summed E-state index contributed by atoms with van der Waals surface area (Å²) in [5.41, 5.74) is 6.25. The van der Waals surface area contributed by atoms with Crippen molar-refractivity contribution in [3.05, 3.63) is 29.8 Å². The van der Waals surface area contributed by atoms with E-state index in [1.807, 2.05) is 0 Å². The topological polar surface area (TPSA) is 84.2 Å². The molecule has 0 spiro atoms. The summed E-state index contributed by atoms with van der Waals surface area (Å²) >= 11 is 0. The zero-order valence-electron chi connectivity index (χ0n) is 14.1. The molecule has 1 saturated carbocycles. The lowest BCUT2D eigenvalue weighted by atomic mass is 9.74. The van der Waals surface area contributed by atoms with Crippen LogP contribution in [0.1, 0.15) is 50.4 Å². The van der Waals surface area contributed by atoms with Gasteiger partial charge in [-0.3, -0.25) is 4.79 Å². The van der Waals surface area contributed by atoms with Crippen molar-refractivity contribution in [3.8, 4) is 0 Å². The Kier molecular flexibility index (Phi) is 5.64. The highest BCUT2D eigenvalue weighted by molar-refractivity contribution is 5.95. The highest BCUT2D eigenvalue weighted by atomic mass is 16.2. The molecule has 2 rings (SSSR count). The van der Waals surface area contributed by atoms with Crippen LogP contribution in [0.15, 0.2) is 24.3 Å². The van der Waals surface area contributed by atoms with Crippen LogP contribution in [0.4, 0.5) is 10.5 Å². The van der Waals surface area contributed by atoms with Crippen LogP contribution in [-0.2, 0) is 0 Å². The van der Waals surface area contributed by atoms with Crippen molar-refractivity contribution >= 4 is 17.6 Å². The van der Waals surface area contributed by atoms with E-state index in [4.69, 9.17) is 5.73 Å². The van der Waals surface area contributed by atoms with Gasteiger partial charge in [0.2, 0.25) is 0 Å². The number of nitrogens with one attached hydrogen (secondary N) is 2. The van der Waals surface area contributed by atoms with Crippen LogP contribution in [0, 0.1) is 17.8 Å². The number of benzene rings is 1. The molecule has 0 aromatic heterocycles. The van der Waals surface area contributed by atoms with Crippen LogP contribution in [0.5, 0.6) is 0 Å². The highest BCUT2D eigenvalue weighted by Gasteiger charge is 2.31. The lowest BCUT2D eigenvalue weighted by Gasteiger charge is -2.37. The Bertz CT molecular complexity index is 554.